The van der Waals surface area contributed by atoms with Gasteiger partial charge >= 0.3 is 0 Å². The molecule has 1 unspecified atom stereocenters. The third kappa shape index (κ3) is 1.81. The SMILES string of the molecule is CCN1c2cc(C#N)ccc2N(c2ccccc2)C1C. The molecule has 20 heavy (non-hydrogen) atoms. The molecule has 1 aliphatic heterocycles. The Balaban J connectivity index is 2.14. The summed E-state index contributed by atoms with van der Waals surface area (Å²) in [6, 6.07) is 18.5. The molecule has 1 heterocycles. The van der Waals surface area contributed by atoms with Crippen molar-refractivity contribution >= 4 is 17.1 Å². The van der Waals surface area contributed by atoms with Crippen LogP contribution in [0.15, 0.2) is 48.5 Å². The normalized spacial score (nSPS) is 16.9. The third-order valence-corrected chi connectivity index (χ3v) is 3.87. The Morgan fingerprint density at radius 1 is 1.10 bits per heavy atom. The number of nitrogens with zero attached hydrogens (tertiary/aromatic N) is 3. The van der Waals surface area contributed by atoms with E-state index in [4.69, 9.17) is 5.26 Å². The molecular formula is C17H17N3. The number of fused-ring (bicyclic) bond motifs is 1. The van der Waals surface area contributed by atoms with E-state index in [0.29, 0.717) is 5.56 Å². The highest BCUT2D eigenvalue weighted by atomic mass is 15.4. The van der Waals surface area contributed by atoms with Crippen LogP contribution in [-0.2, 0) is 0 Å². The van der Waals surface area contributed by atoms with Crippen molar-refractivity contribution in [3.05, 3.63) is 54.1 Å². The highest BCUT2D eigenvalue weighted by Gasteiger charge is 2.32. The van der Waals surface area contributed by atoms with Gasteiger partial charge in [0.05, 0.1) is 23.0 Å². The molecule has 0 aromatic heterocycles. The lowest BCUT2D eigenvalue weighted by Crippen LogP contribution is -2.38. The Morgan fingerprint density at radius 2 is 1.85 bits per heavy atom. The van der Waals surface area contributed by atoms with Crippen molar-refractivity contribution in [3.63, 3.8) is 0 Å². The van der Waals surface area contributed by atoms with E-state index in [0.717, 1.165) is 12.2 Å². The van der Waals surface area contributed by atoms with Gasteiger partial charge in [0.1, 0.15) is 6.17 Å². The molecule has 1 aliphatic rings. The summed E-state index contributed by atoms with van der Waals surface area (Å²) in [6.07, 6.45) is 0.256. The molecule has 0 radical (unpaired) electrons. The van der Waals surface area contributed by atoms with Crippen LogP contribution < -0.4 is 9.80 Å². The summed E-state index contributed by atoms with van der Waals surface area (Å²) in [7, 11) is 0. The molecule has 0 saturated heterocycles. The van der Waals surface area contributed by atoms with E-state index in [1.54, 1.807) is 0 Å². The van der Waals surface area contributed by atoms with E-state index in [1.807, 2.05) is 24.3 Å². The van der Waals surface area contributed by atoms with Crippen LogP contribution in [0, 0.1) is 11.3 Å². The van der Waals surface area contributed by atoms with Gasteiger partial charge < -0.3 is 9.80 Å². The van der Waals surface area contributed by atoms with E-state index in [1.165, 1.54) is 11.4 Å². The third-order valence-electron chi connectivity index (χ3n) is 3.87. The molecule has 2 aromatic carbocycles. The zero-order chi connectivity index (χ0) is 14.1. The lowest BCUT2D eigenvalue weighted by Gasteiger charge is -2.29. The maximum absolute atomic E-state index is 9.09. The molecule has 0 saturated carbocycles. The van der Waals surface area contributed by atoms with Crippen molar-refractivity contribution in [2.45, 2.75) is 20.0 Å². The number of para-hydroxylation sites is 1. The van der Waals surface area contributed by atoms with Crippen molar-refractivity contribution in [2.24, 2.45) is 0 Å². The fraction of sp³-hybridized carbons (Fsp3) is 0.235. The summed E-state index contributed by atoms with van der Waals surface area (Å²) >= 11 is 0. The summed E-state index contributed by atoms with van der Waals surface area (Å²) < 4.78 is 0. The molecule has 3 nitrogen and oxygen atoms in total. The maximum Gasteiger partial charge on any atom is 0.104 e. The summed E-state index contributed by atoms with van der Waals surface area (Å²) in [6.45, 7) is 5.27. The lowest BCUT2D eigenvalue weighted by atomic mass is 10.1. The zero-order valence-electron chi connectivity index (χ0n) is 11.7. The average Bonchev–Trinajstić information content (AvgIpc) is 2.78. The molecule has 0 N–H and O–H groups in total. The van der Waals surface area contributed by atoms with Crippen LogP contribution in [-0.4, -0.2) is 12.7 Å². The molecule has 0 fully saturated rings. The van der Waals surface area contributed by atoms with Gasteiger partial charge in [-0.15, -0.1) is 0 Å². The van der Waals surface area contributed by atoms with Gasteiger partial charge in [-0.1, -0.05) is 18.2 Å². The first-order valence-electron chi connectivity index (χ1n) is 6.91. The topological polar surface area (TPSA) is 30.3 Å². The fourth-order valence-electron chi connectivity index (χ4n) is 2.95. The lowest BCUT2D eigenvalue weighted by molar-refractivity contribution is 0.692. The summed E-state index contributed by atoms with van der Waals surface area (Å²) in [5.41, 5.74) is 4.21. The zero-order valence-corrected chi connectivity index (χ0v) is 11.7. The highest BCUT2D eigenvalue weighted by Crippen LogP contribution is 2.44. The van der Waals surface area contributed by atoms with Crippen molar-refractivity contribution in [2.75, 3.05) is 16.3 Å². The first-order chi connectivity index (χ1) is 9.76. The van der Waals surface area contributed by atoms with Crippen LogP contribution in [0.2, 0.25) is 0 Å². The largest absolute Gasteiger partial charge is 0.350 e. The predicted molar refractivity (Wildman–Crippen MR) is 82.2 cm³/mol. The monoisotopic (exact) mass is 263 g/mol. The van der Waals surface area contributed by atoms with Gasteiger partial charge in [-0.05, 0) is 44.2 Å². The van der Waals surface area contributed by atoms with Crippen LogP contribution in [0.3, 0.4) is 0 Å². The molecule has 3 rings (SSSR count). The summed E-state index contributed by atoms with van der Waals surface area (Å²) in [5, 5.41) is 9.09. The van der Waals surface area contributed by atoms with E-state index >= 15 is 0 Å². The standard InChI is InChI=1S/C17H17N3/c1-3-19-13(2)20(15-7-5-4-6-8-15)16-10-9-14(12-18)11-17(16)19/h4-11,13H,3H2,1-2H3. The molecule has 0 spiro atoms. The van der Waals surface area contributed by atoms with Gasteiger partial charge in [-0.25, -0.2) is 0 Å². The Kier molecular flexibility index (Phi) is 3.08. The van der Waals surface area contributed by atoms with E-state index in [2.05, 4.69) is 54.0 Å². The number of anilines is 3. The smallest absolute Gasteiger partial charge is 0.104 e. The Labute approximate surface area is 119 Å². The molecule has 0 amide bonds. The summed E-state index contributed by atoms with van der Waals surface area (Å²) in [4.78, 5) is 4.64. The van der Waals surface area contributed by atoms with Gasteiger partial charge in [-0.2, -0.15) is 5.26 Å². The van der Waals surface area contributed by atoms with Crippen LogP contribution in [0.1, 0.15) is 19.4 Å². The number of hydrogen-bond acceptors (Lipinski definition) is 3. The predicted octanol–water partition coefficient (Wildman–Crippen LogP) is 3.88. The van der Waals surface area contributed by atoms with Gasteiger partial charge in [0.15, 0.2) is 0 Å². The molecule has 100 valence electrons. The van der Waals surface area contributed by atoms with Crippen molar-refractivity contribution in [1.29, 1.82) is 5.26 Å². The minimum absolute atomic E-state index is 0.256. The average molecular weight is 263 g/mol. The highest BCUT2D eigenvalue weighted by molar-refractivity contribution is 5.84. The minimum atomic E-state index is 0.256. The van der Waals surface area contributed by atoms with Crippen molar-refractivity contribution in [3.8, 4) is 6.07 Å². The number of benzene rings is 2. The fourth-order valence-corrected chi connectivity index (χ4v) is 2.95. The Morgan fingerprint density at radius 3 is 2.50 bits per heavy atom. The second kappa shape index (κ2) is 4.90. The van der Waals surface area contributed by atoms with Crippen molar-refractivity contribution < 1.29 is 0 Å². The molecule has 3 heteroatoms. The van der Waals surface area contributed by atoms with E-state index < -0.39 is 0 Å². The Bertz CT molecular complexity index is 658. The van der Waals surface area contributed by atoms with Crippen LogP contribution in [0.5, 0.6) is 0 Å². The molecule has 0 aliphatic carbocycles. The Hall–Kier alpha value is -2.47. The first kappa shape index (κ1) is 12.6. The van der Waals surface area contributed by atoms with Crippen LogP contribution >= 0.6 is 0 Å². The second-order valence-electron chi connectivity index (χ2n) is 4.94. The molecule has 2 aromatic rings. The number of hydrogen-bond donors (Lipinski definition) is 0. The van der Waals surface area contributed by atoms with Gasteiger partial charge in [0, 0.05) is 12.2 Å². The van der Waals surface area contributed by atoms with Crippen molar-refractivity contribution in [1.82, 2.24) is 0 Å². The van der Waals surface area contributed by atoms with Gasteiger partial charge in [-0.3, -0.25) is 0 Å². The quantitative estimate of drug-likeness (QED) is 0.823. The van der Waals surface area contributed by atoms with E-state index in [9.17, 15) is 0 Å². The molecule has 0 bridgehead atoms. The number of nitriles is 1. The first-order valence-corrected chi connectivity index (χ1v) is 6.91. The summed E-state index contributed by atoms with van der Waals surface area (Å²) in [5.74, 6) is 0. The molecular weight excluding hydrogens is 246 g/mol. The van der Waals surface area contributed by atoms with E-state index in [-0.39, 0.29) is 6.17 Å². The van der Waals surface area contributed by atoms with Crippen LogP contribution in [0.25, 0.3) is 0 Å². The van der Waals surface area contributed by atoms with Gasteiger partial charge in [0.25, 0.3) is 0 Å². The maximum atomic E-state index is 9.09. The van der Waals surface area contributed by atoms with Gasteiger partial charge in [0.2, 0.25) is 0 Å². The molecule has 1 atom stereocenters. The minimum Gasteiger partial charge on any atom is -0.350 e. The second-order valence-corrected chi connectivity index (χ2v) is 4.94. The van der Waals surface area contributed by atoms with Crippen LogP contribution in [0.4, 0.5) is 17.1 Å². The number of rotatable bonds is 2.